The van der Waals surface area contributed by atoms with Crippen LogP contribution in [-0.2, 0) is 9.47 Å². The van der Waals surface area contributed by atoms with Gasteiger partial charge in [-0.15, -0.1) is 0 Å². The summed E-state index contributed by atoms with van der Waals surface area (Å²) >= 11 is 9.50. The van der Waals surface area contributed by atoms with E-state index in [1.54, 1.807) is 0 Å². The van der Waals surface area contributed by atoms with Gasteiger partial charge < -0.3 is 29.8 Å². The molecule has 1 saturated heterocycles. The molecule has 0 saturated carbocycles. The van der Waals surface area contributed by atoms with Crippen LogP contribution in [0, 0.1) is 20.8 Å². The summed E-state index contributed by atoms with van der Waals surface area (Å²) in [4.78, 5) is 3.15. The number of aliphatic hydroxyl groups is 3. The first-order valence-electron chi connectivity index (χ1n) is 11.7. The van der Waals surface area contributed by atoms with Crippen LogP contribution >= 0.6 is 27.5 Å². The Balaban J connectivity index is 0.000000498. The average Bonchev–Trinajstić information content (AvgIpc) is 3.38. The maximum atomic E-state index is 9.55. The molecule has 1 fully saturated rings. The van der Waals surface area contributed by atoms with Crippen LogP contribution < -0.4 is 0 Å². The van der Waals surface area contributed by atoms with Gasteiger partial charge in [0.2, 0.25) is 5.79 Å². The van der Waals surface area contributed by atoms with Gasteiger partial charge in [-0.3, -0.25) is 0 Å². The number of methoxy groups -OCH3 is 1. The number of halogens is 2. The third kappa shape index (κ3) is 8.55. The van der Waals surface area contributed by atoms with E-state index in [9.17, 15) is 10.2 Å². The summed E-state index contributed by atoms with van der Waals surface area (Å²) in [5.74, 6) is -1.46. The van der Waals surface area contributed by atoms with E-state index in [0.29, 0.717) is 6.42 Å². The number of aromatic nitrogens is 1. The van der Waals surface area contributed by atoms with E-state index in [2.05, 4.69) is 59.0 Å². The van der Waals surface area contributed by atoms with Gasteiger partial charge in [-0.25, -0.2) is 0 Å². The number of rotatable bonds is 3. The number of aryl methyl sites for hydroxylation is 3. The van der Waals surface area contributed by atoms with E-state index in [-0.39, 0.29) is 7.43 Å². The van der Waals surface area contributed by atoms with Gasteiger partial charge in [-0.1, -0.05) is 75.2 Å². The molecule has 4 atom stereocenters. The number of hydrogen-bond acceptors (Lipinski definition) is 5. The van der Waals surface area contributed by atoms with Crippen LogP contribution in [0.25, 0.3) is 10.9 Å². The Bertz CT molecular complexity index is 1000. The zero-order chi connectivity index (χ0) is 26.8. The summed E-state index contributed by atoms with van der Waals surface area (Å²) < 4.78 is 11.1. The fraction of sp³-hybridized carbons (Fsp3) is 0.500. The Kier molecular flexibility index (Phi) is 15.7. The van der Waals surface area contributed by atoms with Crippen LogP contribution in [0.1, 0.15) is 51.3 Å². The minimum atomic E-state index is -1.46. The van der Waals surface area contributed by atoms with Gasteiger partial charge in [-0.2, -0.15) is 0 Å². The van der Waals surface area contributed by atoms with Crippen molar-refractivity contribution in [3.8, 4) is 0 Å². The molecule has 0 aliphatic carbocycles. The summed E-state index contributed by atoms with van der Waals surface area (Å²) in [6, 6.07) is 12.4. The number of aromatic amines is 1. The Morgan fingerprint density at radius 3 is 1.97 bits per heavy atom. The lowest BCUT2D eigenvalue weighted by atomic mass is 10.0. The predicted molar refractivity (Wildman–Crippen MR) is 154 cm³/mol. The Morgan fingerprint density at radius 1 is 1.06 bits per heavy atom. The number of aliphatic hydroxyl groups excluding tert-OH is 3. The third-order valence-electron chi connectivity index (χ3n) is 5.63. The minimum Gasteiger partial charge on any atom is -0.391 e. The highest BCUT2D eigenvalue weighted by molar-refractivity contribution is 9.10. The molecule has 1 aliphatic rings. The third-order valence-corrected chi connectivity index (χ3v) is 6.91. The van der Waals surface area contributed by atoms with Crippen molar-refractivity contribution in [1.82, 2.24) is 4.98 Å². The van der Waals surface area contributed by atoms with Crippen LogP contribution in [0.2, 0.25) is 5.02 Å². The second-order valence-corrected chi connectivity index (χ2v) is 9.32. The van der Waals surface area contributed by atoms with Gasteiger partial charge in [0.05, 0.1) is 11.1 Å². The first kappa shape index (κ1) is 34.6. The lowest BCUT2D eigenvalue weighted by Crippen LogP contribution is -2.47. The van der Waals surface area contributed by atoms with Crippen molar-refractivity contribution < 1.29 is 24.8 Å². The average molecular weight is 589 g/mol. The van der Waals surface area contributed by atoms with E-state index in [4.69, 9.17) is 26.2 Å². The standard InChI is InChI=1S/C9H7BrClN.C8H16O5.C8H10.C2H6.CH4/c1-5-4-12-7-3-2-6(10)9(11)8(5)7;1-3-5-6(10)7(11)8(4-9,12-2)13-5;1-7-3-5-8(2)6-4-7;1-2;/h2-4,12H,1H3;5-7,9-11H,3-4H2,1-2H3;3-6H,1-2H3;1-2H3;1H4/t;5?,6-,7+,8+;;;/m.0.../s1. The number of benzene rings is 2. The largest absolute Gasteiger partial charge is 0.391 e. The molecule has 3 aromatic rings. The number of fused-ring (bicyclic) bond motifs is 1. The molecule has 0 bridgehead atoms. The molecule has 2 heterocycles. The second kappa shape index (κ2) is 16.4. The van der Waals surface area contributed by atoms with Crippen molar-refractivity contribution in [3.05, 3.63) is 68.8 Å². The highest BCUT2D eigenvalue weighted by atomic mass is 79.9. The summed E-state index contributed by atoms with van der Waals surface area (Å²) in [5, 5.41) is 29.9. The van der Waals surface area contributed by atoms with Crippen LogP contribution in [0.4, 0.5) is 0 Å². The summed E-state index contributed by atoms with van der Waals surface area (Å²) in [5.41, 5.74) is 4.92. The molecule has 204 valence electrons. The number of ether oxygens (including phenoxy) is 2. The minimum absolute atomic E-state index is 0. The van der Waals surface area contributed by atoms with E-state index in [0.717, 1.165) is 20.4 Å². The first-order chi connectivity index (χ1) is 16.6. The zero-order valence-corrected chi connectivity index (χ0v) is 23.9. The monoisotopic (exact) mass is 587 g/mol. The maximum Gasteiger partial charge on any atom is 0.221 e. The van der Waals surface area contributed by atoms with E-state index < -0.39 is 30.7 Å². The molecule has 2 aromatic carbocycles. The molecule has 6 nitrogen and oxygen atoms in total. The lowest BCUT2D eigenvalue weighted by molar-refractivity contribution is -0.261. The van der Waals surface area contributed by atoms with Gasteiger partial charge in [0, 0.05) is 28.7 Å². The number of hydrogen-bond donors (Lipinski definition) is 4. The number of nitrogens with one attached hydrogen (secondary N) is 1. The molecule has 0 radical (unpaired) electrons. The molecule has 0 amide bonds. The predicted octanol–water partition coefficient (Wildman–Crippen LogP) is 6.71. The highest BCUT2D eigenvalue weighted by Gasteiger charge is 2.53. The highest BCUT2D eigenvalue weighted by Crippen LogP contribution is 2.33. The van der Waals surface area contributed by atoms with Crippen LogP contribution in [0.15, 0.2) is 47.1 Å². The van der Waals surface area contributed by atoms with Crippen LogP contribution in [0.5, 0.6) is 0 Å². The fourth-order valence-corrected chi connectivity index (χ4v) is 4.14. The summed E-state index contributed by atoms with van der Waals surface area (Å²) in [6.45, 7) is 11.6. The molecular weight excluding hydrogens is 546 g/mol. The van der Waals surface area contributed by atoms with Crippen molar-refractivity contribution in [2.75, 3.05) is 13.7 Å². The molecular formula is C28H43BrClNO5. The van der Waals surface area contributed by atoms with Crippen molar-refractivity contribution in [3.63, 3.8) is 0 Å². The smallest absolute Gasteiger partial charge is 0.221 e. The molecule has 4 N–H and O–H groups in total. The molecule has 0 spiro atoms. The second-order valence-electron chi connectivity index (χ2n) is 8.08. The van der Waals surface area contributed by atoms with Crippen molar-refractivity contribution in [2.24, 2.45) is 0 Å². The van der Waals surface area contributed by atoms with Crippen molar-refractivity contribution in [2.45, 2.75) is 79.5 Å². The zero-order valence-electron chi connectivity index (χ0n) is 21.6. The van der Waals surface area contributed by atoms with Gasteiger partial charge in [0.15, 0.2) is 0 Å². The Labute approximate surface area is 229 Å². The molecule has 1 aromatic heterocycles. The normalized spacial score (nSPS) is 22.3. The topological polar surface area (TPSA) is 94.9 Å². The summed E-state index contributed by atoms with van der Waals surface area (Å²) in [6.07, 6.45) is -0.168. The van der Waals surface area contributed by atoms with Crippen LogP contribution in [0.3, 0.4) is 0 Å². The van der Waals surface area contributed by atoms with E-state index >= 15 is 0 Å². The summed E-state index contributed by atoms with van der Waals surface area (Å²) in [7, 11) is 1.32. The molecule has 1 aliphatic heterocycles. The lowest BCUT2D eigenvalue weighted by Gasteiger charge is -2.27. The first-order valence-corrected chi connectivity index (χ1v) is 12.9. The molecule has 1 unspecified atom stereocenters. The number of H-pyrrole nitrogens is 1. The quantitative estimate of drug-likeness (QED) is 0.273. The Morgan fingerprint density at radius 2 is 1.58 bits per heavy atom. The fourth-order valence-electron chi connectivity index (χ4n) is 3.50. The van der Waals surface area contributed by atoms with Gasteiger partial charge in [0.25, 0.3) is 0 Å². The van der Waals surface area contributed by atoms with Gasteiger partial charge in [-0.05, 0) is 60.8 Å². The SMILES string of the molecule is C.CC.CCC1O[C@@](CO)(OC)[C@H](O)[C@H]1O.Cc1c[nH]c2ccc(Br)c(Cl)c12.Cc1ccc(C)cc1. The van der Waals surface area contributed by atoms with E-state index in [1.165, 1.54) is 23.8 Å². The van der Waals surface area contributed by atoms with Gasteiger partial charge in [0.1, 0.15) is 18.8 Å². The van der Waals surface area contributed by atoms with Crippen molar-refractivity contribution in [1.29, 1.82) is 0 Å². The van der Waals surface area contributed by atoms with E-state index in [1.807, 2.05) is 46.0 Å². The van der Waals surface area contributed by atoms with Gasteiger partial charge >= 0.3 is 0 Å². The molecule has 36 heavy (non-hydrogen) atoms. The van der Waals surface area contributed by atoms with Crippen molar-refractivity contribution >= 4 is 38.4 Å². The molecule has 4 rings (SSSR count). The maximum absolute atomic E-state index is 9.55. The van der Waals surface area contributed by atoms with Crippen LogP contribution in [-0.4, -0.2) is 58.1 Å². The Hall–Kier alpha value is -1.45. The molecule has 8 heteroatoms.